The van der Waals surface area contributed by atoms with Crippen molar-refractivity contribution in [3.63, 3.8) is 0 Å². The predicted octanol–water partition coefficient (Wildman–Crippen LogP) is 4.89. The topological polar surface area (TPSA) is 84.4 Å². The molecule has 1 fully saturated rings. The lowest BCUT2D eigenvalue weighted by Crippen LogP contribution is -2.62. The number of piperazine rings is 1. The summed E-state index contributed by atoms with van der Waals surface area (Å²) in [6.07, 6.45) is 0. The van der Waals surface area contributed by atoms with E-state index in [4.69, 9.17) is 0 Å². The van der Waals surface area contributed by atoms with Gasteiger partial charge in [-0.3, -0.25) is 4.90 Å². The molecule has 0 saturated carbocycles. The Labute approximate surface area is 208 Å². The van der Waals surface area contributed by atoms with Gasteiger partial charge in [0.25, 0.3) is 0 Å². The number of para-hydroxylation sites is 2. The van der Waals surface area contributed by atoms with Gasteiger partial charge in [0.1, 0.15) is 6.04 Å². The Morgan fingerprint density at radius 2 is 1.54 bits per heavy atom. The summed E-state index contributed by atoms with van der Waals surface area (Å²) in [5, 5.41) is 14.0. The number of anilines is 2. The normalized spacial score (nSPS) is 16.5. The van der Waals surface area contributed by atoms with E-state index in [2.05, 4.69) is 0 Å². The number of thiophene rings is 1. The molecule has 2 aromatic carbocycles. The second-order valence-electron chi connectivity index (χ2n) is 8.41. The van der Waals surface area contributed by atoms with Crippen LogP contribution in [0.3, 0.4) is 0 Å². The van der Waals surface area contributed by atoms with Crippen molar-refractivity contribution in [2.24, 2.45) is 0 Å². The summed E-state index contributed by atoms with van der Waals surface area (Å²) in [5.74, 6) is -1.15. The van der Waals surface area contributed by atoms with Crippen LogP contribution in [-0.4, -0.2) is 70.6 Å². The van der Waals surface area contributed by atoms with Crippen LogP contribution in [0.2, 0.25) is 0 Å². The van der Waals surface area contributed by atoms with Gasteiger partial charge in [-0.05, 0) is 53.6 Å². The molecule has 8 nitrogen and oxygen atoms in total. The fraction of sp³-hybridized carbons (Fsp3) is 0.269. The van der Waals surface area contributed by atoms with Crippen molar-refractivity contribution in [2.75, 3.05) is 31.6 Å². The van der Waals surface area contributed by atoms with Gasteiger partial charge in [-0.25, -0.2) is 14.4 Å². The summed E-state index contributed by atoms with van der Waals surface area (Å²) in [6.45, 7) is 2.20. The number of rotatable bonds is 5. The number of hydrogen-bond acceptors (Lipinski definition) is 4. The van der Waals surface area contributed by atoms with Crippen molar-refractivity contribution in [3.05, 3.63) is 83.1 Å². The molecule has 1 aliphatic rings. The van der Waals surface area contributed by atoms with Gasteiger partial charge in [0, 0.05) is 20.1 Å². The highest BCUT2D eigenvalue weighted by Crippen LogP contribution is 2.29. The van der Waals surface area contributed by atoms with E-state index >= 15 is 0 Å². The Balaban J connectivity index is 1.56. The van der Waals surface area contributed by atoms with Crippen molar-refractivity contribution in [3.8, 4) is 0 Å². The van der Waals surface area contributed by atoms with Gasteiger partial charge >= 0.3 is 18.0 Å². The number of aliphatic carboxylic acids is 1. The van der Waals surface area contributed by atoms with Gasteiger partial charge in [-0.15, -0.1) is 0 Å². The molecule has 9 heteroatoms. The third-order valence-electron chi connectivity index (χ3n) is 6.31. The molecule has 1 aliphatic heterocycles. The number of carboxylic acids is 1. The SMILES string of the molecule is CC(c1ccsc1)N(C)C(=O)N1CCN(C(=O)N(c2ccccc2)c2ccccc2)[C@H](C(=O)O)C1. The number of carbonyl (C=O) groups is 3. The number of hydrogen-bond donors (Lipinski definition) is 1. The summed E-state index contributed by atoms with van der Waals surface area (Å²) in [6, 6.07) is 18.2. The molecule has 1 saturated heterocycles. The smallest absolute Gasteiger partial charge is 0.329 e. The summed E-state index contributed by atoms with van der Waals surface area (Å²) in [5.41, 5.74) is 2.29. The Morgan fingerprint density at radius 3 is 2.06 bits per heavy atom. The minimum Gasteiger partial charge on any atom is -0.480 e. The Kier molecular flexibility index (Phi) is 7.36. The first-order valence-electron chi connectivity index (χ1n) is 11.4. The highest BCUT2D eigenvalue weighted by Gasteiger charge is 2.40. The van der Waals surface area contributed by atoms with Crippen LogP contribution in [-0.2, 0) is 4.79 Å². The number of urea groups is 2. The number of carbonyl (C=O) groups excluding carboxylic acids is 2. The quantitative estimate of drug-likeness (QED) is 0.550. The van der Waals surface area contributed by atoms with Crippen LogP contribution >= 0.6 is 11.3 Å². The molecule has 35 heavy (non-hydrogen) atoms. The van der Waals surface area contributed by atoms with E-state index in [1.54, 1.807) is 47.5 Å². The Bertz CT molecular complexity index is 1120. The van der Waals surface area contributed by atoms with Gasteiger partial charge in [0.2, 0.25) is 0 Å². The molecular formula is C26H28N4O4S. The molecule has 1 unspecified atom stereocenters. The number of nitrogens with zero attached hydrogens (tertiary/aromatic N) is 4. The average Bonchev–Trinajstić information content (AvgIpc) is 3.43. The monoisotopic (exact) mass is 492 g/mol. The first-order valence-corrected chi connectivity index (χ1v) is 12.3. The first-order chi connectivity index (χ1) is 16.9. The molecule has 1 N–H and O–H groups in total. The van der Waals surface area contributed by atoms with Crippen LogP contribution in [0.25, 0.3) is 0 Å². The number of benzene rings is 2. The molecule has 1 aromatic heterocycles. The van der Waals surface area contributed by atoms with Crippen molar-refractivity contribution >= 4 is 40.7 Å². The van der Waals surface area contributed by atoms with E-state index in [0.717, 1.165) is 5.56 Å². The third kappa shape index (κ3) is 5.14. The lowest BCUT2D eigenvalue weighted by molar-refractivity contribution is -0.143. The van der Waals surface area contributed by atoms with Crippen LogP contribution in [0, 0.1) is 0 Å². The van der Waals surface area contributed by atoms with E-state index < -0.39 is 18.0 Å². The van der Waals surface area contributed by atoms with Gasteiger partial charge in [0.15, 0.2) is 0 Å². The van der Waals surface area contributed by atoms with Crippen LogP contribution in [0.1, 0.15) is 18.5 Å². The molecule has 4 rings (SSSR count). The minimum atomic E-state index is -1.17. The summed E-state index contributed by atoms with van der Waals surface area (Å²) < 4.78 is 0. The highest BCUT2D eigenvalue weighted by atomic mass is 32.1. The Hall–Kier alpha value is -3.85. The van der Waals surface area contributed by atoms with E-state index in [9.17, 15) is 19.5 Å². The van der Waals surface area contributed by atoms with Crippen LogP contribution in [0.15, 0.2) is 77.5 Å². The maximum atomic E-state index is 13.8. The fourth-order valence-electron chi connectivity index (χ4n) is 4.17. The molecular weight excluding hydrogens is 464 g/mol. The van der Waals surface area contributed by atoms with Crippen LogP contribution in [0.4, 0.5) is 21.0 Å². The lowest BCUT2D eigenvalue weighted by Gasteiger charge is -2.42. The van der Waals surface area contributed by atoms with E-state index in [1.165, 1.54) is 14.7 Å². The summed E-state index contributed by atoms with van der Waals surface area (Å²) in [7, 11) is 1.71. The van der Waals surface area contributed by atoms with Crippen molar-refractivity contribution in [2.45, 2.75) is 19.0 Å². The Morgan fingerprint density at radius 1 is 0.943 bits per heavy atom. The maximum Gasteiger partial charge on any atom is 0.329 e. The van der Waals surface area contributed by atoms with Crippen LogP contribution in [0.5, 0.6) is 0 Å². The molecule has 0 aliphatic carbocycles. The standard InChI is InChI=1S/C26H28N4O4S/c1-19(20-13-16-35-18-20)27(2)25(33)28-14-15-29(23(17-28)24(31)32)26(34)30(21-9-5-3-6-10-21)22-11-7-4-8-12-22/h3-13,16,18-19,23H,14-15,17H2,1-2H3,(H,31,32)/t19?,23-/m0/s1. The molecule has 2 heterocycles. The molecule has 4 amide bonds. The zero-order valence-electron chi connectivity index (χ0n) is 19.7. The zero-order chi connectivity index (χ0) is 24.9. The zero-order valence-corrected chi connectivity index (χ0v) is 20.5. The molecule has 2 atom stereocenters. The fourth-order valence-corrected chi connectivity index (χ4v) is 4.92. The van der Waals surface area contributed by atoms with Gasteiger partial charge < -0.3 is 19.8 Å². The third-order valence-corrected chi connectivity index (χ3v) is 7.01. The maximum absolute atomic E-state index is 13.8. The minimum absolute atomic E-state index is 0.0853. The second kappa shape index (κ2) is 10.6. The summed E-state index contributed by atoms with van der Waals surface area (Å²) >= 11 is 1.56. The molecule has 182 valence electrons. The largest absolute Gasteiger partial charge is 0.480 e. The number of amides is 4. The predicted molar refractivity (Wildman–Crippen MR) is 136 cm³/mol. The van der Waals surface area contributed by atoms with E-state index in [1.807, 2.05) is 60.1 Å². The van der Waals surface area contributed by atoms with Crippen molar-refractivity contribution < 1.29 is 19.5 Å². The van der Waals surface area contributed by atoms with E-state index in [0.29, 0.717) is 11.4 Å². The molecule has 0 spiro atoms. The average molecular weight is 493 g/mol. The molecule has 0 bridgehead atoms. The molecule has 0 radical (unpaired) electrons. The highest BCUT2D eigenvalue weighted by molar-refractivity contribution is 7.08. The molecule has 3 aromatic rings. The lowest BCUT2D eigenvalue weighted by atomic mass is 10.1. The van der Waals surface area contributed by atoms with Gasteiger partial charge in [-0.2, -0.15) is 11.3 Å². The van der Waals surface area contributed by atoms with Gasteiger partial charge in [0.05, 0.1) is 24.0 Å². The first kappa shape index (κ1) is 24.3. The number of carboxylic acid groups (broad SMARTS) is 1. The second-order valence-corrected chi connectivity index (χ2v) is 9.19. The van der Waals surface area contributed by atoms with Crippen molar-refractivity contribution in [1.82, 2.24) is 14.7 Å². The van der Waals surface area contributed by atoms with Gasteiger partial charge in [-0.1, -0.05) is 36.4 Å². The summed E-state index contributed by atoms with van der Waals surface area (Å²) in [4.78, 5) is 45.2. The van der Waals surface area contributed by atoms with Crippen LogP contribution < -0.4 is 4.90 Å². The van der Waals surface area contributed by atoms with Crippen molar-refractivity contribution in [1.29, 1.82) is 0 Å². The van der Waals surface area contributed by atoms with E-state index in [-0.39, 0.29) is 31.7 Å².